The molecule has 0 radical (unpaired) electrons. The normalized spacial score (nSPS) is 28.4. The molecule has 204 valence electrons. The van der Waals surface area contributed by atoms with E-state index >= 15 is 0 Å². The van der Waals surface area contributed by atoms with Crippen LogP contribution in [0.4, 0.5) is 0 Å². The van der Waals surface area contributed by atoms with E-state index in [1.165, 1.54) is 14.2 Å². The number of aryl methyl sites for hydroxylation is 2. The van der Waals surface area contributed by atoms with Gasteiger partial charge >= 0.3 is 0 Å². The van der Waals surface area contributed by atoms with Gasteiger partial charge in [0.25, 0.3) is 0 Å². The highest BCUT2D eigenvalue weighted by Gasteiger charge is 2.45. The Bertz CT molecular complexity index is 1070. The first-order chi connectivity index (χ1) is 17.8. The summed E-state index contributed by atoms with van der Waals surface area (Å²) in [5.74, 6) is 0.742. The van der Waals surface area contributed by atoms with Crippen LogP contribution >= 0.6 is 0 Å². The Morgan fingerprint density at radius 1 is 0.838 bits per heavy atom. The number of aliphatic hydroxyl groups excluding tert-OH is 5. The average molecular weight is 521 g/mol. The maximum absolute atomic E-state index is 10.8. The third-order valence-corrected chi connectivity index (χ3v) is 7.11. The standard InChI is InChI=1S/C27H36O10/c1-34-25-18-12-15(5-3-4-6-16(29)9-7-14-8-10-19(30)17(18)11-14)24(26(25)35-2)37-27-23(33)22(32)21(31)20(13-28)36-27/h8,10-12,16,20-23,27-33H,3-7,9,13H2,1-2H3/t16-,20-,21-,22+,23-,27-/m1/s1. The maximum Gasteiger partial charge on any atom is 0.229 e. The molecule has 10 heteroatoms. The fourth-order valence-corrected chi connectivity index (χ4v) is 4.99. The molecular weight excluding hydrogens is 484 g/mol. The van der Waals surface area contributed by atoms with Gasteiger partial charge < -0.3 is 49.6 Å². The number of hydrogen-bond donors (Lipinski definition) is 6. The molecule has 2 aromatic carbocycles. The number of phenols is 1. The lowest BCUT2D eigenvalue weighted by Crippen LogP contribution is -2.60. The van der Waals surface area contributed by atoms with Gasteiger partial charge in [-0.3, -0.25) is 0 Å². The summed E-state index contributed by atoms with van der Waals surface area (Å²) in [5.41, 5.74) is 2.73. The van der Waals surface area contributed by atoms with Gasteiger partial charge in [0.15, 0.2) is 11.5 Å². The first-order valence-electron chi connectivity index (χ1n) is 12.5. The molecule has 2 aromatic rings. The third-order valence-electron chi connectivity index (χ3n) is 7.11. The Hall–Kier alpha value is -2.60. The van der Waals surface area contributed by atoms with E-state index < -0.39 is 43.4 Å². The summed E-state index contributed by atoms with van der Waals surface area (Å²) >= 11 is 0. The monoisotopic (exact) mass is 520 g/mol. The average Bonchev–Trinajstić information content (AvgIpc) is 2.91. The van der Waals surface area contributed by atoms with Crippen molar-refractivity contribution in [2.45, 2.75) is 75.3 Å². The third kappa shape index (κ3) is 5.64. The predicted molar refractivity (Wildman–Crippen MR) is 133 cm³/mol. The minimum Gasteiger partial charge on any atom is -0.507 e. The summed E-state index contributed by atoms with van der Waals surface area (Å²) in [7, 11) is 2.90. The molecule has 37 heavy (non-hydrogen) atoms. The predicted octanol–water partition coefficient (Wildman–Crippen LogP) is 1.27. The van der Waals surface area contributed by atoms with Crippen LogP contribution < -0.4 is 14.2 Å². The van der Waals surface area contributed by atoms with Gasteiger partial charge in [-0.2, -0.15) is 0 Å². The first kappa shape index (κ1) is 27.4. The van der Waals surface area contributed by atoms with Crippen LogP contribution in [-0.2, 0) is 17.6 Å². The van der Waals surface area contributed by atoms with Crippen LogP contribution in [0.2, 0.25) is 0 Å². The highest BCUT2D eigenvalue weighted by molar-refractivity contribution is 5.81. The van der Waals surface area contributed by atoms with Crippen LogP contribution in [0.15, 0.2) is 24.3 Å². The highest BCUT2D eigenvalue weighted by Crippen LogP contribution is 2.50. The van der Waals surface area contributed by atoms with Gasteiger partial charge in [-0.1, -0.05) is 12.5 Å². The molecule has 0 saturated carbocycles. The molecule has 6 atom stereocenters. The fraction of sp³-hybridized carbons (Fsp3) is 0.556. The summed E-state index contributed by atoms with van der Waals surface area (Å²) in [6, 6.07) is 7.13. The summed E-state index contributed by atoms with van der Waals surface area (Å²) in [5, 5.41) is 61.7. The Morgan fingerprint density at radius 2 is 1.59 bits per heavy atom. The topological polar surface area (TPSA) is 158 Å². The molecule has 2 aliphatic rings. The molecule has 1 aliphatic heterocycles. The number of aromatic hydroxyl groups is 1. The van der Waals surface area contributed by atoms with Crippen LogP contribution in [0.1, 0.15) is 36.8 Å². The zero-order chi connectivity index (χ0) is 26.7. The summed E-state index contributed by atoms with van der Waals surface area (Å²) < 4.78 is 23.1. The number of benzene rings is 2. The molecule has 0 amide bonds. The summed E-state index contributed by atoms with van der Waals surface area (Å²) in [6.07, 6.45) is -3.87. The molecule has 1 aliphatic carbocycles. The van der Waals surface area contributed by atoms with Crippen LogP contribution in [0.5, 0.6) is 23.0 Å². The van der Waals surface area contributed by atoms with Crippen molar-refractivity contribution in [2.24, 2.45) is 0 Å². The zero-order valence-corrected chi connectivity index (χ0v) is 21.0. The van der Waals surface area contributed by atoms with Crippen LogP contribution in [0, 0.1) is 0 Å². The number of fused-ring (bicyclic) bond motifs is 5. The molecular formula is C27H36O10. The van der Waals surface area contributed by atoms with Crippen LogP contribution in [0.25, 0.3) is 11.1 Å². The number of ether oxygens (including phenoxy) is 4. The number of methoxy groups -OCH3 is 2. The van der Waals surface area contributed by atoms with E-state index in [4.69, 9.17) is 18.9 Å². The molecule has 1 heterocycles. The molecule has 0 aromatic heterocycles. The van der Waals surface area contributed by atoms with Crippen molar-refractivity contribution in [1.29, 1.82) is 0 Å². The molecule has 1 fully saturated rings. The number of phenolic OH excluding ortho intramolecular Hbond substituents is 1. The van der Waals surface area contributed by atoms with Crippen molar-refractivity contribution >= 4 is 0 Å². The van der Waals surface area contributed by atoms with Crippen molar-refractivity contribution in [2.75, 3.05) is 20.8 Å². The van der Waals surface area contributed by atoms with E-state index in [9.17, 15) is 30.6 Å². The second-order valence-corrected chi connectivity index (χ2v) is 9.58. The smallest absolute Gasteiger partial charge is 0.229 e. The number of hydrogen-bond acceptors (Lipinski definition) is 10. The lowest BCUT2D eigenvalue weighted by atomic mass is 9.95. The lowest BCUT2D eigenvalue weighted by molar-refractivity contribution is -0.277. The van der Waals surface area contributed by atoms with Gasteiger partial charge in [0.1, 0.15) is 30.2 Å². The van der Waals surface area contributed by atoms with E-state index in [1.807, 2.05) is 18.2 Å². The van der Waals surface area contributed by atoms with E-state index in [1.54, 1.807) is 6.07 Å². The van der Waals surface area contributed by atoms with Crippen LogP contribution in [0.3, 0.4) is 0 Å². The van der Waals surface area contributed by atoms with Crippen molar-refractivity contribution in [1.82, 2.24) is 0 Å². The van der Waals surface area contributed by atoms with Crippen molar-refractivity contribution in [3.05, 3.63) is 35.4 Å². The van der Waals surface area contributed by atoms with Gasteiger partial charge in [0, 0.05) is 11.1 Å². The molecule has 0 unspecified atom stereocenters. The second kappa shape index (κ2) is 11.8. The first-order valence-corrected chi connectivity index (χ1v) is 12.5. The highest BCUT2D eigenvalue weighted by atomic mass is 16.7. The molecule has 4 rings (SSSR count). The fourth-order valence-electron chi connectivity index (χ4n) is 4.99. The van der Waals surface area contributed by atoms with Gasteiger partial charge in [0.05, 0.1) is 26.9 Å². The molecule has 0 spiro atoms. The Kier molecular flexibility index (Phi) is 8.79. The van der Waals surface area contributed by atoms with Crippen molar-refractivity contribution in [3.63, 3.8) is 0 Å². The van der Waals surface area contributed by atoms with E-state index in [0.29, 0.717) is 48.8 Å². The largest absolute Gasteiger partial charge is 0.507 e. The molecule has 10 nitrogen and oxygen atoms in total. The summed E-state index contributed by atoms with van der Waals surface area (Å²) in [6.45, 7) is -0.588. The number of aliphatic hydroxyl groups is 5. The van der Waals surface area contributed by atoms with E-state index in [-0.39, 0.29) is 23.0 Å². The molecule has 4 bridgehead atoms. The minimum absolute atomic E-state index is 0.0491. The van der Waals surface area contributed by atoms with Gasteiger partial charge in [-0.15, -0.1) is 0 Å². The van der Waals surface area contributed by atoms with Crippen LogP contribution in [-0.4, -0.2) is 88.3 Å². The lowest BCUT2D eigenvalue weighted by Gasteiger charge is -2.40. The van der Waals surface area contributed by atoms with Gasteiger partial charge in [0.2, 0.25) is 12.0 Å². The minimum atomic E-state index is -1.61. The van der Waals surface area contributed by atoms with Crippen molar-refractivity contribution < 1.29 is 49.6 Å². The number of rotatable bonds is 5. The molecule has 6 N–H and O–H groups in total. The Balaban J connectivity index is 1.84. The van der Waals surface area contributed by atoms with E-state index in [2.05, 4.69) is 0 Å². The molecule has 1 saturated heterocycles. The zero-order valence-electron chi connectivity index (χ0n) is 21.0. The second-order valence-electron chi connectivity index (χ2n) is 9.58. The van der Waals surface area contributed by atoms with Crippen molar-refractivity contribution in [3.8, 4) is 34.1 Å². The quantitative estimate of drug-likeness (QED) is 0.339. The van der Waals surface area contributed by atoms with Gasteiger partial charge in [-0.05, 0) is 61.4 Å². The Morgan fingerprint density at radius 3 is 2.30 bits per heavy atom. The Labute approximate surface area is 215 Å². The SMILES string of the molecule is COc1c2cc(c(O[C@H]3O[C@H](CO)[C@@H](O)[C@H](O)[C@H]3O)c1OC)CCCC[C@@H](O)CCc1ccc(O)c-2c1. The summed E-state index contributed by atoms with van der Waals surface area (Å²) in [4.78, 5) is 0. The maximum atomic E-state index is 10.8. The van der Waals surface area contributed by atoms with Gasteiger partial charge in [-0.25, -0.2) is 0 Å². The van der Waals surface area contributed by atoms with E-state index in [0.717, 1.165) is 12.0 Å².